The largest absolute Gasteiger partial charge is 0.443 e. The molecule has 2 aliphatic rings. The van der Waals surface area contributed by atoms with E-state index < -0.39 is 39.8 Å². The molecule has 11 nitrogen and oxygen atoms in total. The first-order valence-corrected chi connectivity index (χ1v) is 16.0. The SMILES string of the molecule is CNc1cccc(S(=O)(=O)N(C[C@@H](O)[C@H](Cc2ccccc2)NC(=O)O[C@H]2CO[C@H]3OCC[C@H]32)CC(C)(C)CCC#N)c1. The molecule has 234 valence electrons. The van der Waals surface area contributed by atoms with Crippen LogP contribution in [0.1, 0.15) is 38.7 Å². The van der Waals surface area contributed by atoms with Crippen molar-refractivity contribution in [3.63, 3.8) is 0 Å². The standard InChI is InChI=1S/C31H42N4O7S/c1-31(2,14-8-15-32)21-35(43(38,39)24-12-7-11-23(18-24)33-3)19-27(36)26(17-22-9-5-4-6-10-22)34-30(37)42-28-20-41-29-25(28)13-16-40-29/h4-7,9-12,18,25-29,33,36H,8,13-14,16-17,19-21H2,1-3H3,(H,34,37)/t25-,26-,27+,28-,29+/m0/s1. The number of nitriles is 1. The van der Waals surface area contributed by atoms with Gasteiger partial charge in [0.2, 0.25) is 10.0 Å². The average molecular weight is 615 g/mol. The number of benzene rings is 2. The summed E-state index contributed by atoms with van der Waals surface area (Å²) in [5.74, 6) is -0.0482. The molecule has 0 bridgehead atoms. The second-order valence-electron chi connectivity index (χ2n) is 11.9. The van der Waals surface area contributed by atoms with Gasteiger partial charge in [0, 0.05) is 32.2 Å². The van der Waals surface area contributed by atoms with Gasteiger partial charge in [0.15, 0.2) is 6.29 Å². The maximum Gasteiger partial charge on any atom is 0.407 e. The predicted molar refractivity (Wildman–Crippen MR) is 161 cm³/mol. The third kappa shape index (κ3) is 8.68. The number of aliphatic hydroxyl groups is 1. The smallest absolute Gasteiger partial charge is 0.407 e. The molecule has 0 aliphatic carbocycles. The van der Waals surface area contributed by atoms with Crippen LogP contribution in [0.2, 0.25) is 0 Å². The zero-order chi connectivity index (χ0) is 31.0. The Morgan fingerprint density at radius 2 is 1.98 bits per heavy atom. The first kappa shape index (κ1) is 32.7. The van der Waals surface area contributed by atoms with Crippen LogP contribution in [0.5, 0.6) is 0 Å². The number of fused-ring (bicyclic) bond motifs is 1. The minimum absolute atomic E-state index is 0.0482. The normalized spacial score (nSPS) is 21.5. The molecular formula is C31H42N4O7S. The number of alkyl carbamates (subject to hydrolysis) is 1. The van der Waals surface area contributed by atoms with Crippen molar-refractivity contribution in [3.8, 4) is 6.07 Å². The lowest BCUT2D eigenvalue weighted by atomic mass is 9.88. The Hall–Kier alpha value is -3.21. The summed E-state index contributed by atoms with van der Waals surface area (Å²) in [7, 11) is -2.37. The minimum Gasteiger partial charge on any atom is -0.443 e. The van der Waals surface area contributed by atoms with Gasteiger partial charge < -0.3 is 30.0 Å². The van der Waals surface area contributed by atoms with Gasteiger partial charge in [-0.1, -0.05) is 50.2 Å². The molecule has 0 spiro atoms. The third-order valence-corrected chi connectivity index (χ3v) is 9.79. The highest BCUT2D eigenvalue weighted by molar-refractivity contribution is 7.89. The van der Waals surface area contributed by atoms with Crippen LogP contribution in [0.25, 0.3) is 0 Å². The van der Waals surface area contributed by atoms with Crippen LogP contribution in [-0.4, -0.2) is 81.8 Å². The molecule has 0 aromatic heterocycles. The molecule has 1 amide bonds. The number of sulfonamides is 1. The van der Waals surface area contributed by atoms with Gasteiger partial charge in [-0.15, -0.1) is 0 Å². The van der Waals surface area contributed by atoms with Gasteiger partial charge in [-0.05, 0) is 48.4 Å². The topological polar surface area (TPSA) is 150 Å². The molecule has 4 rings (SSSR count). The lowest BCUT2D eigenvalue weighted by molar-refractivity contribution is -0.0907. The molecule has 0 radical (unpaired) electrons. The van der Waals surface area contributed by atoms with E-state index in [0.29, 0.717) is 18.7 Å². The van der Waals surface area contributed by atoms with Gasteiger partial charge in [-0.2, -0.15) is 9.57 Å². The van der Waals surface area contributed by atoms with Crippen molar-refractivity contribution < 1.29 is 32.5 Å². The Bertz CT molecular complexity index is 1370. The monoisotopic (exact) mass is 614 g/mol. The van der Waals surface area contributed by atoms with Crippen molar-refractivity contribution in [1.82, 2.24) is 9.62 Å². The maximum atomic E-state index is 14.0. The summed E-state index contributed by atoms with van der Waals surface area (Å²) < 4.78 is 46.1. The van der Waals surface area contributed by atoms with Crippen LogP contribution in [0, 0.1) is 22.7 Å². The van der Waals surface area contributed by atoms with Crippen molar-refractivity contribution in [2.24, 2.45) is 11.3 Å². The van der Waals surface area contributed by atoms with Crippen molar-refractivity contribution in [2.45, 2.75) is 69.0 Å². The molecule has 2 aromatic carbocycles. The Morgan fingerprint density at radius 1 is 1.21 bits per heavy atom. The summed E-state index contributed by atoms with van der Waals surface area (Å²) in [6.45, 7) is 4.32. The van der Waals surface area contributed by atoms with Gasteiger partial charge in [-0.25, -0.2) is 13.2 Å². The van der Waals surface area contributed by atoms with Crippen LogP contribution in [0.15, 0.2) is 59.5 Å². The number of carbonyl (C=O) groups excluding carboxylic acids is 1. The van der Waals surface area contributed by atoms with Crippen molar-refractivity contribution >= 4 is 21.8 Å². The van der Waals surface area contributed by atoms with E-state index in [9.17, 15) is 18.3 Å². The number of ether oxygens (including phenoxy) is 3. The van der Waals surface area contributed by atoms with Crippen LogP contribution >= 0.6 is 0 Å². The van der Waals surface area contributed by atoms with Gasteiger partial charge in [0.25, 0.3) is 0 Å². The zero-order valence-corrected chi connectivity index (χ0v) is 25.8. The van der Waals surface area contributed by atoms with E-state index >= 15 is 0 Å². The number of anilines is 1. The molecule has 5 atom stereocenters. The fourth-order valence-corrected chi connectivity index (χ4v) is 7.21. The van der Waals surface area contributed by atoms with Gasteiger partial charge in [-0.3, -0.25) is 0 Å². The average Bonchev–Trinajstić information content (AvgIpc) is 3.61. The van der Waals surface area contributed by atoms with Crippen LogP contribution in [0.3, 0.4) is 0 Å². The molecule has 2 aromatic rings. The Balaban J connectivity index is 1.57. The Morgan fingerprint density at radius 3 is 2.70 bits per heavy atom. The van der Waals surface area contributed by atoms with Crippen LogP contribution in [-0.2, 0) is 30.7 Å². The molecule has 12 heteroatoms. The molecule has 2 fully saturated rings. The second-order valence-corrected chi connectivity index (χ2v) is 13.8. The quantitative estimate of drug-likeness (QED) is 0.291. The van der Waals surface area contributed by atoms with E-state index in [0.717, 1.165) is 12.0 Å². The highest BCUT2D eigenvalue weighted by atomic mass is 32.2. The fourth-order valence-electron chi connectivity index (χ4n) is 5.52. The number of nitrogens with zero attached hydrogens (tertiary/aromatic N) is 2. The van der Waals surface area contributed by atoms with E-state index in [-0.39, 0.29) is 49.6 Å². The molecule has 2 saturated heterocycles. The highest BCUT2D eigenvalue weighted by Crippen LogP contribution is 2.33. The maximum absolute atomic E-state index is 14.0. The molecular weight excluding hydrogens is 572 g/mol. The van der Waals surface area contributed by atoms with Crippen molar-refractivity contribution in [3.05, 3.63) is 60.2 Å². The first-order valence-electron chi connectivity index (χ1n) is 14.6. The van der Waals surface area contributed by atoms with Crippen LogP contribution < -0.4 is 10.6 Å². The minimum atomic E-state index is -4.07. The Labute approximate surface area is 254 Å². The van der Waals surface area contributed by atoms with Crippen molar-refractivity contribution in [1.29, 1.82) is 5.26 Å². The Kier molecular flexibility index (Phi) is 11.0. The first-order chi connectivity index (χ1) is 20.5. The number of nitrogens with one attached hydrogen (secondary N) is 2. The highest BCUT2D eigenvalue weighted by Gasteiger charge is 2.44. The summed E-state index contributed by atoms with van der Waals surface area (Å²) in [6, 6.07) is 17.1. The molecule has 0 unspecified atom stereocenters. The molecule has 0 saturated carbocycles. The zero-order valence-electron chi connectivity index (χ0n) is 24.9. The number of rotatable bonds is 14. The van der Waals surface area contributed by atoms with Gasteiger partial charge >= 0.3 is 6.09 Å². The summed E-state index contributed by atoms with van der Waals surface area (Å²) >= 11 is 0. The van der Waals surface area contributed by atoms with Crippen LogP contribution in [0.4, 0.5) is 10.5 Å². The predicted octanol–water partition coefficient (Wildman–Crippen LogP) is 3.51. The number of hydrogen-bond donors (Lipinski definition) is 3. The summed E-state index contributed by atoms with van der Waals surface area (Å²) in [5.41, 5.74) is 0.917. The van der Waals surface area contributed by atoms with E-state index in [1.807, 2.05) is 44.2 Å². The summed E-state index contributed by atoms with van der Waals surface area (Å²) in [5, 5.41) is 26.5. The van der Waals surface area contributed by atoms with E-state index in [1.165, 1.54) is 16.4 Å². The fraction of sp³-hybridized carbons (Fsp3) is 0.548. The third-order valence-electron chi connectivity index (χ3n) is 7.98. The molecule has 2 aliphatic heterocycles. The summed E-state index contributed by atoms with van der Waals surface area (Å²) in [4.78, 5) is 13.2. The summed E-state index contributed by atoms with van der Waals surface area (Å²) in [6.07, 6.45) is -1.16. The number of carbonyl (C=O) groups is 1. The number of amides is 1. The number of aliphatic hydroxyl groups excluding tert-OH is 1. The van der Waals surface area contributed by atoms with E-state index in [1.54, 1.807) is 19.2 Å². The number of hydrogen-bond acceptors (Lipinski definition) is 9. The van der Waals surface area contributed by atoms with Gasteiger partial charge in [0.05, 0.1) is 42.2 Å². The van der Waals surface area contributed by atoms with Gasteiger partial charge in [0.1, 0.15) is 6.10 Å². The molecule has 3 N–H and O–H groups in total. The second kappa shape index (κ2) is 14.5. The lowest BCUT2D eigenvalue weighted by Crippen LogP contribution is -2.52. The lowest BCUT2D eigenvalue weighted by Gasteiger charge is -2.35. The van der Waals surface area contributed by atoms with Crippen molar-refractivity contribution in [2.75, 3.05) is 38.7 Å². The van der Waals surface area contributed by atoms with E-state index in [2.05, 4.69) is 16.7 Å². The van der Waals surface area contributed by atoms with E-state index in [4.69, 9.17) is 19.5 Å². The molecule has 2 heterocycles. The molecule has 43 heavy (non-hydrogen) atoms.